The van der Waals surface area contributed by atoms with Crippen LogP contribution in [0.15, 0.2) is 77.6 Å². The number of hydrogen-bond acceptors (Lipinski definition) is 3. The van der Waals surface area contributed by atoms with Gasteiger partial charge in [0, 0.05) is 17.1 Å². The van der Waals surface area contributed by atoms with E-state index in [-0.39, 0.29) is 24.5 Å². The van der Waals surface area contributed by atoms with Crippen LogP contribution >= 0.6 is 11.6 Å². The molecule has 0 spiro atoms. The van der Waals surface area contributed by atoms with Crippen LogP contribution < -0.4 is 11.0 Å². The second kappa shape index (κ2) is 10.4. The van der Waals surface area contributed by atoms with Crippen molar-refractivity contribution in [2.45, 2.75) is 25.8 Å². The number of amides is 1. The lowest BCUT2D eigenvalue weighted by molar-refractivity contribution is -0.137. The van der Waals surface area contributed by atoms with E-state index in [4.69, 9.17) is 11.6 Å². The van der Waals surface area contributed by atoms with E-state index in [1.807, 2.05) is 0 Å². The van der Waals surface area contributed by atoms with E-state index in [2.05, 4.69) is 10.4 Å². The number of alkyl halides is 3. The summed E-state index contributed by atoms with van der Waals surface area (Å²) in [6.45, 7) is -0.532. The Morgan fingerprint density at radius 1 is 0.972 bits per heavy atom. The molecular formula is C25H19ClF4N4O2. The number of benzene rings is 3. The van der Waals surface area contributed by atoms with Crippen LogP contribution in [0.25, 0.3) is 11.4 Å². The van der Waals surface area contributed by atoms with Crippen molar-refractivity contribution in [1.82, 2.24) is 19.7 Å². The minimum absolute atomic E-state index is 0.0723. The van der Waals surface area contributed by atoms with Crippen molar-refractivity contribution < 1.29 is 22.4 Å². The zero-order valence-corrected chi connectivity index (χ0v) is 19.4. The minimum atomic E-state index is -4.50. The summed E-state index contributed by atoms with van der Waals surface area (Å²) < 4.78 is 54.4. The first-order chi connectivity index (χ1) is 17.1. The van der Waals surface area contributed by atoms with Gasteiger partial charge < -0.3 is 5.32 Å². The lowest BCUT2D eigenvalue weighted by atomic mass is 10.1. The average molecular weight is 519 g/mol. The molecule has 0 saturated heterocycles. The Balaban J connectivity index is 1.56. The molecular weight excluding hydrogens is 500 g/mol. The van der Waals surface area contributed by atoms with Crippen molar-refractivity contribution in [3.63, 3.8) is 0 Å². The van der Waals surface area contributed by atoms with Gasteiger partial charge in [0.15, 0.2) is 5.82 Å². The van der Waals surface area contributed by atoms with E-state index in [9.17, 15) is 27.2 Å². The van der Waals surface area contributed by atoms with Crippen LogP contribution in [0.3, 0.4) is 0 Å². The molecule has 0 aliphatic rings. The van der Waals surface area contributed by atoms with E-state index in [1.54, 1.807) is 24.3 Å². The number of rotatable bonds is 7. The fraction of sp³-hybridized carbons (Fsp3) is 0.160. The molecule has 11 heteroatoms. The number of carbonyl (C=O) groups excluding carboxylic acids is 1. The molecule has 186 valence electrons. The molecule has 36 heavy (non-hydrogen) atoms. The maximum atomic E-state index is 13.3. The molecule has 4 aromatic rings. The van der Waals surface area contributed by atoms with Crippen molar-refractivity contribution in [1.29, 1.82) is 0 Å². The Morgan fingerprint density at radius 2 is 1.67 bits per heavy atom. The van der Waals surface area contributed by atoms with Crippen molar-refractivity contribution in [2.75, 3.05) is 0 Å². The third-order valence-electron chi connectivity index (χ3n) is 5.32. The molecule has 4 rings (SSSR count). The van der Waals surface area contributed by atoms with Crippen LogP contribution in [0.4, 0.5) is 17.6 Å². The van der Waals surface area contributed by atoms with Gasteiger partial charge in [-0.3, -0.25) is 9.36 Å². The predicted molar refractivity (Wildman–Crippen MR) is 126 cm³/mol. The first kappa shape index (κ1) is 25.2. The summed E-state index contributed by atoms with van der Waals surface area (Å²) in [6.07, 6.45) is -4.50. The molecule has 1 aromatic heterocycles. The van der Waals surface area contributed by atoms with Crippen LogP contribution in [0, 0.1) is 5.82 Å². The number of halogens is 5. The van der Waals surface area contributed by atoms with Gasteiger partial charge in [-0.2, -0.15) is 13.2 Å². The van der Waals surface area contributed by atoms with Gasteiger partial charge in [-0.1, -0.05) is 35.9 Å². The van der Waals surface area contributed by atoms with Crippen LogP contribution in [0.2, 0.25) is 5.02 Å². The third-order valence-corrected chi connectivity index (χ3v) is 5.57. The van der Waals surface area contributed by atoms with E-state index >= 15 is 0 Å². The fourth-order valence-electron chi connectivity index (χ4n) is 3.52. The van der Waals surface area contributed by atoms with Gasteiger partial charge in [0.25, 0.3) is 0 Å². The van der Waals surface area contributed by atoms with Crippen LogP contribution in [-0.4, -0.2) is 20.3 Å². The number of hydrogen-bond donors (Lipinski definition) is 1. The smallest absolute Gasteiger partial charge is 0.350 e. The summed E-state index contributed by atoms with van der Waals surface area (Å²) in [5.41, 5.74) is 0.0642. The molecule has 0 radical (unpaired) electrons. The maximum Gasteiger partial charge on any atom is 0.416 e. The largest absolute Gasteiger partial charge is 0.416 e. The second-order valence-electron chi connectivity index (χ2n) is 7.96. The predicted octanol–water partition coefficient (Wildman–Crippen LogP) is 4.89. The molecule has 1 heterocycles. The first-order valence-corrected chi connectivity index (χ1v) is 11.1. The van der Waals surface area contributed by atoms with E-state index in [1.165, 1.54) is 41.0 Å². The van der Waals surface area contributed by atoms with Gasteiger partial charge in [0.2, 0.25) is 5.91 Å². The van der Waals surface area contributed by atoms with E-state index in [0.29, 0.717) is 16.1 Å². The van der Waals surface area contributed by atoms with Crippen LogP contribution in [-0.2, 0) is 30.6 Å². The van der Waals surface area contributed by atoms with Gasteiger partial charge in [0.05, 0.1) is 12.1 Å². The number of carbonyl (C=O) groups is 1. The summed E-state index contributed by atoms with van der Waals surface area (Å²) in [5, 5.41) is 7.30. The SMILES string of the molecule is O=C(Cn1nc(-c2ccc(Cl)cc2)n(Cc2ccc(F)cc2)c1=O)NCc1cccc(C(F)(F)F)c1. The molecule has 0 saturated carbocycles. The highest BCUT2D eigenvalue weighted by Gasteiger charge is 2.30. The highest BCUT2D eigenvalue weighted by atomic mass is 35.5. The van der Waals surface area contributed by atoms with Crippen molar-refractivity contribution in [3.8, 4) is 11.4 Å². The molecule has 1 N–H and O–H groups in total. The zero-order valence-electron chi connectivity index (χ0n) is 18.6. The molecule has 0 fully saturated rings. The Kier molecular flexibility index (Phi) is 7.25. The normalized spacial score (nSPS) is 11.5. The third kappa shape index (κ3) is 6.01. The molecule has 0 aliphatic carbocycles. The summed E-state index contributed by atoms with van der Waals surface area (Å²) in [6, 6.07) is 16.8. The Hall–Kier alpha value is -3.92. The molecule has 6 nitrogen and oxygen atoms in total. The minimum Gasteiger partial charge on any atom is -0.350 e. The standard InChI is InChI=1S/C25H19ClF4N4O2/c26-20-8-6-18(7-9-20)23-32-34(24(36)33(23)14-16-4-10-21(27)11-5-16)15-22(35)31-13-17-2-1-3-19(12-17)25(28,29)30/h1-12H,13-15H2,(H,31,35). The summed E-state index contributed by atoms with van der Waals surface area (Å²) >= 11 is 5.96. The van der Waals surface area contributed by atoms with Gasteiger partial charge in [-0.15, -0.1) is 5.10 Å². The zero-order chi connectivity index (χ0) is 25.9. The molecule has 0 unspecified atom stereocenters. The van der Waals surface area contributed by atoms with Gasteiger partial charge in [0.1, 0.15) is 12.4 Å². The maximum absolute atomic E-state index is 13.3. The molecule has 1 amide bonds. The van der Waals surface area contributed by atoms with Gasteiger partial charge in [-0.05, 0) is 59.7 Å². The van der Waals surface area contributed by atoms with Crippen molar-refractivity contribution in [3.05, 3.63) is 111 Å². The molecule has 0 atom stereocenters. The van der Waals surface area contributed by atoms with E-state index < -0.39 is 35.7 Å². The number of aromatic nitrogens is 3. The van der Waals surface area contributed by atoms with Crippen LogP contribution in [0.5, 0.6) is 0 Å². The second-order valence-corrected chi connectivity index (χ2v) is 8.39. The summed E-state index contributed by atoms with van der Waals surface area (Å²) in [7, 11) is 0. The highest BCUT2D eigenvalue weighted by molar-refractivity contribution is 6.30. The average Bonchev–Trinajstić information content (AvgIpc) is 3.14. The Labute approximate surface area is 207 Å². The Morgan fingerprint density at radius 3 is 2.33 bits per heavy atom. The molecule has 3 aromatic carbocycles. The van der Waals surface area contributed by atoms with Crippen molar-refractivity contribution >= 4 is 17.5 Å². The van der Waals surface area contributed by atoms with Crippen molar-refractivity contribution in [2.24, 2.45) is 0 Å². The van der Waals surface area contributed by atoms with Gasteiger partial charge in [-0.25, -0.2) is 13.9 Å². The lowest BCUT2D eigenvalue weighted by Gasteiger charge is -2.09. The quantitative estimate of drug-likeness (QED) is 0.354. The molecule has 0 bridgehead atoms. The van der Waals surface area contributed by atoms with E-state index in [0.717, 1.165) is 16.8 Å². The lowest BCUT2D eigenvalue weighted by Crippen LogP contribution is -2.33. The van der Waals surface area contributed by atoms with Crippen LogP contribution in [0.1, 0.15) is 16.7 Å². The van der Waals surface area contributed by atoms with Gasteiger partial charge >= 0.3 is 11.9 Å². The summed E-state index contributed by atoms with van der Waals surface area (Å²) in [5.74, 6) is -0.757. The first-order valence-electron chi connectivity index (χ1n) is 10.7. The number of nitrogens with zero attached hydrogens (tertiary/aromatic N) is 3. The molecule has 0 aliphatic heterocycles. The monoisotopic (exact) mass is 518 g/mol. The number of nitrogens with one attached hydrogen (secondary N) is 1. The Bertz CT molecular complexity index is 1430. The highest BCUT2D eigenvalue weighted by Crippen LogP contribution is 2.29. The fourth-order valence-corrected chi connectivity index (χ4v) is 3.65. The summed E-state index contributed by atoms with van der Waals surface area (Å²) in [4.78, 5) is 25.6. The topological polar surface area (TPSA) is 68.9 Å².